The van der Waals surface area contributed by atoms with Crippen LogP contribution >= 0.6 is 11.3 Å². The van der Waals surface area contributed by atoms with Crippen LogP contribution in [-0.4, -0.2) is 40.2 Å². The van der Waals surface area contributed by atoms with Crippen molar-refractivity contribution in [1.82, 2.24) is 14.5 Å². The highest BCUT2D eigenvalue weighted by molar-refractivity contribution is 7.07. The maximum atomic E-state index is 13.3. The van der Waals surface area contributed by atoms with Gasteiger partial charge in [0.25, 0.3) is 5.56 Å². The van der Waals surface area contributed by atoms with Gasteiger partial charge in [-0.25, -0.2) is 9.59 Å². The molecule has 9 nitrogen and oxygen atoms in total. The number of carbonyl (C=O) groups is 2. The van der Waals surface area contributed by atoms with E-state index < -0.39 is 23.4 Å². The zero-order valence-corrected chi connectivity index (χ0v) is 18.7. The highest BCUT2D eigenvalue weighted by atomic mass is 32.1. The van der Waals surface area contributed by atoms with Crippen molar-refractivity contribution in [2.75, 3.05) is 13.7 Å². The van der Waals surface area contributed by atoms with E-state index in [2.05, 4.69) is 9.97 Å². The molecule has 4 rings (SSSR count). The molecule has 0 spiro atoms. The normalized spacial score (nSPS) is 15.9. The van der Waals surface area contributed by atoms with E-state index >= 15 is 0 Å². The summed E-state index contributed by atoms with van der Waals surface area (Å²) < 4.78 is 12.1. The Hall–Kier alpha value is -4.05. The molecule has 2 N–H and O–H groups in total. The lowest BCUT2D eigenvalue weighted by molar-refractivity contribution is -0.138. The van der Waals surface area contributed by atoms with Crippen molar-refractivity contribution in [3.05, 3.63) is 85.3 Å². The molecule has 0 aliphatic carbocycles. The molecular weight excluding hydrogens is 444 g/mol. The minimum absolute atomic E-state index is 0.00805. The van der Waals surface area contributed by atoms with Crippen LogP contribution in [0.3, 0.4) is 0 Å². The molecule has 168 valence electrons. The maximum absolute atomic E-state index is 13.3. The number of methoxy groups -OCH3 is 1. The monoisotopic (exact) mass is 464 g/mol. The number of hydrogen-bond donors (Lipinski definition) is 1. The molecule has 1 atom stereocenters. The van der Waals surface area contributed by atoms with Gasteiger partial charge in [0, 0.05) is 24.8 Å². The van der Waals surface area contributed by atoms with Gasteiger partial charge in [-0.3, -0.25) is 19.3 Å². The molecule has 3 aromatic rings. The van der Waals surface area contributed by atoms with Gasteiger partial charge in [0.15, 0.2) is 0 Å². The van der Waals surface area contributed by atoms with Gasteiger partial charge < -0.3 is 15.2 Å². The fraction of sp³-hybridized carbons (Fsp3) is 0.174. The van der Waals surface area contributed by atoms with Gasteiger partial charge >= 0.3 is 11.9 Å². The van der Waals surface area contributed by atoms with Gasteiger partial charge in [-0.15, -0.1) is 11.3 Å². The third kappa shape index (κ3) is 3.96. The molecular formula is C23H20N4O5S. The van der Waals surface area contributed by atoms with E-state index in [1.165, 1.54) is 11.7 Å². The van der Waals surface area contributed by atoms with Crippen molar-refractivity contribution in [3.8, 4) is 0 Å². The van der Waals surface area contributed by atoms with Crippen LogP contribution in [0.1, 0.15) is 24.0 Å². The van der Waals surface area contributed by atoms with Crippen molar-refractivity contribution in [2.45, 2.75) is 12.8 Å². The summed E-state index contributed by atoms with van der Waals surface area (Å²) in [5, 5.41) is 0. The van der Waals surface area contributed by atoms with Crippen LogP contribution in [0, 0.1) is 0 Å². The molecule has 0 saturated heterocycles. The average Bonchev–Trinajstić information content (AvgIpc) is 3.15. The Labute approximate surface area is 192 Å². The van der Waals surface area contributed by atoms with Crippen LogP contribution in [0.5, 0.6) is 0 Å². The number of fused-ring (bicyclic) bond motifs is 1. The second kappa shape index (κ2) is 9.21. The minimum atomic E-state index is -0.897. The largest absolute Gasteiger partial charge is 0.466 e. The Morgan fingerprint density at radius 1 is 1.09 bits per heavy atom. The standard InChI is InChI=1S/C23H20N4O5S/c1-3-32-23(30)17-16(14-6-10-26-11-7-14)18(22(29)31-2)21-27(19(17)24)20(28)15(33-21)12-13-4-8-25-9-5-13/h4-12,16H,3,24H2,1-2H3/b15-12+. The molecule has 0 amide bonds. The molecule has 0 radical (unpaired) electrons. The number of carbonyl (C=O) groups excluding carboxylic acids is 2. The fourth-order valence-electron chi connectivity index (χ4n) is 3.66. The van der Waals surface area contributed by atoms with Gasteiger partial charge in [0.2, 0.25) is 0 Å². The van der Waals surface area contributed by atoms with Gasteiger partial charge in [0.1, 0.15) is 10.5 Å². The number of ether oxygens (including phenoxy) is 2. The summed E-state index contributed by atoms with van der Waals surface area (Å²) >= 11 is 1.09. The minimum Gasteiger partial charge on any atom is -0.466 e. The Balaban J connectivity index is 2.12. The Bertz CT molecular complexity index is 1420. The zero-order valence-electron chi connectivity index (χ0n) is 17.8. The molecule has 1 aliphatic heterocycles. The van der Waals surface area contributed by atoms with E-state index in [4.69, 9.17) is 15.2 Å². The van der Waals surface area contributed by atoms with Crippen LogP contribution in [-0.2, 0) is 19.1 Å². The summed E-state index contributed by atoms with van der Waals surface area (Å²) in [6.45, 7) is 1.76. The molecule has 1 unspecified atom stereocenters. The lowest BCUT2D eigenvalue weighted by Gasteiger charge is -2.26. The summed E-state index contributed by atoms with van der Waals surface area (Å²) in [5.41, 5.74) is 7.40. The average molecular weight is 465 g/mol. The Morgan fingerprint density at radius 3 is 2.33 bits per heavy atom. The number of pyridine rings is 2. The number of nitrogens with zero attached hydrogens (tertiary/aromatic N) is 3. The van der Waals surface area contributed by atoms with Gasteiger partial charge in [-0.2, -0.15) is 0 Å². The predicted molar refractivity (Wildman–Crippen MR) is 122 cm³/mol. The molecule has 0 fully saturated rings. The summed E-state index contributed by atoms with van der Waals surface area (Å²) in [6.07, 6.45) is 7.97. The van der Waals surface area contributed by atoms with Crippen molar-refractivity contribution >= 4 is 40.7 Å². The lowest BCUT2D eigenvalue weighted by atomic mass is 9.83. The predicted octanol–water partition coefficient (Wildman–Crippen LogP) is 0.340. The molecule has 33 heavy (non-hydrogen) atoms. The lowest BCUT2D eigenvalue weighted by Crippen LogP contribution is -2.41. The maximum Gasteiger partial charge on any atom is 0.338 e. The number of rotatable bonds is 5. The number of hydrogen-bond acceptors (Lipinski definition) is 9. The number of nitrogens with two attached hydrogens (primary N) is 1. The first kappa shape index (κ1) is 22.2. The molecule has 1 aliphatic rings. The first-order valence-corrected chi connectivity index (χ1v) is 10.8. The van der Waals surface area contributed by atoms with Crippen molar-refractivity contribution in [3.63, 3.8) is 0 Å². The Morgan fingerprint density at radius 2 is 1.73 bits per heavy atom. The van der Waals surface area contributed by atoms with E-state index in [1.54, 1.807) is 62.1 Å². The van der Waals surface area contributed by atoms with Crippen LogP contribution in [0.15, 0.2) is 59.4 Å². The van der Waals surface area contributed by atoms with Crippen LogP contribution < -0.4 is 20.5 Å². The number of esters is 2. The third-order valence-electron chi connectivity index (χ3n) is 5.09. The van der Waals surface area contributed by atoms with Crippen molar-refractivity contribution in [1.29, 1.82) is 0 Å². The third-order valence-corrected chi connectivity index (χ3v) is 6.20. The second-order valence-corrected chi connectivity index (χ2v) is 8.01. The Kier molecular flexibility index (Phi) is 6.18. The topological polar surface area (TPSA) is 126 Å². The van der Waals surface area contributed by atoms with Gasteiger partial charge in [0.05, 0.1) is 35.3 Å². The fourth-order valence-corrected chi connectivity index (χ4v) is 4.83. The van der Waals surface area contributed by atoms with E-state index in [0.29, 0.717) is 14.8 Å². The summed E-state index contributed by atoms with van der Waals surface area (Å²) in [4.78, 5) is 47.3. The highest BCUT2D eigenvalue weighted by Gasteiger charge is 2.39. The van der Waals surface area contributed by atoms with Gasteiger partial charge in [-0.05, 0) is 48.4 Å². The highest BCUT2D eigenvalue weighted by Crippen LogP contribution is 2.37. The van der Waals surface area contributed by atoms with E-state index in [1.807, 2.05) is 0 Å². The SMILES string of the molecule is CCOC(=O)C1=C(N)n2c(s/c(=C/c3ccncc3)c2=O)=C(C(=O)OC)C1c1ccncc1. The van der Waals surface area contributed by atoms with Crippen molar-refractivity contribution < 1.29 is 19.1 Å². The zero-order chi connectivity index (χ0) is 23.5. The van der Waals surface area contributed by atoms with E-state index in [0.717, 1.165) is 16.9 Å². The van der Waals surface area contributed by atoms with Crippen LogP contribution in [0.25, 0.3) is 17.5 Å². The summed E-state index contributed by atoms with van der Waals surface area (Å²) in [6, 6.07) is 6.84. The first-order chi connectivity index (χ1) is 16.0. The smallest absolute Gasteiger partial charge is 0.338 e. The van der Waals surface area contributed by atoms with E-state index in [-0.39, 0.29) is 23.6 Å². The van der Waals surface area contributed by atoms with Crippen LogP contribution in [0.4, 0.5) is 0 Å². The number of aromatic nitrogens is 3. The molecule has 0 bridgehead atoms. The van der Waals surface area contributed by atoms with Crippen LogP contribution in [0.2, 0.25) is 0 Å². The van der Waals surface area contributed by atoms with Gasteiger partial charge in [-0.1, -0.05) is 0 Å². The summed E-state index contributed by atoms with van der Waals surface area (Å²) in [7, 11) is 1.24. The van der Waals surface area contributed by atoms with E-state index in [9.17, 15) is 14.4 Å². The molecule has 0 aromatic carbocycles. The quantitative estimate of drug-likeness (QED) is 0.536. The van der Waals surface area contributed by atoms with Crippen molar-refractivity contribution in [2.24, 2.45) is 5.73 Å². The first-order valence-electron chi connectivity index (χ1n) is 10.0. The molecule has 10 heteroatoms. The summed E-state index contributed by atoms with van der Waals surface area (Å²) in [5.74, 6) is -2.39. The second-order valence-electron chi connectivity index (χ2n) is 6.98. The molecule has 3 aromatic heterocycles. The molecule has 0 saturated carbocycles. The molecule has 4 heterocycles. The number of thiazole rings is 1.